The van der Waals surface area contributed by atoms with Crippen molar-refractivity contribution in [1.29, 1.82) is 0 Å². The average molecular weight is 324 g/mol. The highest BCUT2D eigenvalue weighted by molar-refractivity contribution is 7.98. The van der Waals surface area contributed by atoms with Crippen LogP contribution in [0, 0.1) is 0 Å². The Balaban J connectivity index is 2.41. The van der Waals surface area contributed by atoms with E-state index in [9.17, 15) is 9.59 Å². The van der Waals surface area contributed by atoms with Crippen molar-refractivity contribution in [2.45, 2.75) is 31.3 Å². The Bertz CT molecular complexity index is 491. The standard InChI is InChI=1S/C16H25N3O2S/c1-5-17-16(21)12(2)18-15(20)11-19(3)10-13-6-8-14(22-4)9-7-13/h6-9,12H,5,10-11H2,1-4H3,(H,17,21)(H,18,20)/p+1/t12-/m0/s1. The maximum atomic E-state index is 11.9. The average Bonchev–Trinajstić information content (AvgIpc) is 2.47. The summed E-state index contributed by atoms with van der Waals surface area (Å²) in [5.74, 6) is -0.266. The van der Waals surface area contributed by atoms with E-state index in [1.165, 1.54) is 10.5 Å². The highest BCUT2D eigenvalue weighted by Gasteiger charge is 2.17. The molecule has 0 bridgehead atoms. The lowest BCUT2D eigenvalue weighted by molar-refractivity contribution is -0.885. The molecule has 0 fully saturated rings. The van der Waals surface area contributed by atoms with Crippen molar-refractivity contribution >= 4 is 23.6 Å². The summed E-state index contributed by atoms with van der Waals surface area (Å²) < 4.78 is 0. The quantitative estimate of drug-likeness (QED) is 0.593. The van der Waals surface area contributed by atoms with Crippen molar-refractivity contribution in [3.8, 4) is 0 Å². The van der Waals surface area contributed by atoms with E-state index in [1.807, 2.05) is 20.2 Å². The maximum absolute atomic E-state index is 11.9. The highest BCUT2D eigenvalue weighted by atomic mass is 32.2. The summed E-state index contributed by atoms with van der Waals surface area (Å²) in [7, 11) is 1.97. The summed E-state index contributed by atoms with van der Waals surface area (Å²) >= 11 is 1.71. The molecule has 3 N–H and O–H groups in total. The van der Waals surface area contributed by atoms with Crippen LogP contribution < -0.4 is 15.5 Å². The lowest BCUT2D eigenvalue weighted by Crippen LogP contribution is -3.09. The van der Waals surface area contributed by atoms with E-state index in [1.54, 1.807) is 18.7 Å². The first kappa shape index (κ1) is 18.5. The van der Waals surface area contributed by atoms with Crippen molar-refractivity contribution in [2.24, 2.45) is 0 Å². The molecule has 0 radical (unpaired) electrons. The van der Waals surface area contributed by atoms with Gasteiger partial charge in [0.15, 0.2) is 6.54 Å². The Morgan fingerprint density at radius 3 is 2.45 bits per heavy atom. The second-order valence-corrected chi connectivity index (χ2v) is 6.22. The molecule has 0 saturated heterocycles. The third-order valence-corrected chi connectivity index (χ3v) is 3.99. The fraction of sp³-hybridized carbons (Fsp3) is 0.500. The number of hydrogen-bond donors (Lipinski definition) is 3. The van der Waals surface area contributed by atoms with Crippen LogP contribution in [0.25, 0.3) is 0 Å². The Morgan fingerprint density at radius 1 is 1.27 bits per heavy atom. The molecule has 2 atom stereocenters. The van der Waals surface area contributed by atoms with Crippen molar-refractivity contribution in [1.82, 2.24) is 10.6 Å². The third kappa shape index (κ3) is 6.49. The van der Waals surface area contributed by atoms with Crippen molar-refractivity contribution in [3.63, 3.8) is 0 Å². The molecule has 6 heteroatoms. The summed E-state index contributed by atoms with van der Waals surface area (Å²) in [6.45, 7) is 5.23. The van der Waals surface area contributed by atoms with Gasteiger partial charge in [-0.3, -0.25) is 9.59 Å². The van der Waals surface area contributed by atoms with Gasteiger partial charge in [-0.2, -0.15) is 0 Å². The topological polar surface area (TPSA) is 62.6 Å². The number of amides is 2. The van der Waals surface area contributed by atoms with Crippen molar-refractivity contribution < 1.29 is 14.5 Å². The number of carbonyl (C=O) groups is 2. The van der Waals surface area contributed by atoms with E-state index in [0.29, 0.717) is 13.1 Å². The summed E-state index contributed by atoms with van der Waals surface area (Å²) in [6.07, 6.45) is 2.05. The molecule has 1 aromatic rings. The molecule has 0 aliphatic heterocycles. The Hall–Kier alpha value is -1.53. The van der Waals surface area contributed by atoms with Gasteiger partial charge < -0.3 is 15.5 Å². The molecule has 1 rings (SSSR count). The Labute approximate surface area is 136 Å². The normalized spacial score (nSPS) is 13.3. The zero-order chi connectivity index (χ0) is 16.5. The molecule has 2 amide bonds. The molecule has 0 aliphatic rings. The fourth-order valence-electron chi connectivity index (χ4n) is 2.11. The van der Waals surface area contributed by atoms with Gasteiger partial charge in [0.05, 0.1) is 7.05 Å². The Morgan fingerprint density at radius 2 is 1.91 bits per heavy atom. The number of quaternary nitrogens is 1. The van der Waals surface area contributed by atoms with Gasteiger partial charge in [-0.25, -0.2) is 0 Å². The molecule has 5 nitrogen and oxygen atoms in total. The van der Waals surface area contributed by atoms with Crippen LogP contribution in [-0.2, 0) is 16.1 Å². The molecule has 122 valence electrons. The minimum absolute atomic E-state index is 0.114. The summed E-state index contributed by atoms with van der Waals surface area (Å²) in [5.41, 5.74) is 1.19. The molecule has 0 spiro atoms. The van der Waals surface area contributed by atoms with Crippen LogP contribution >= 0.6 is 11.8 Å². The van der Waals surface area contributed by atoms with Crippen LogP contribution in [0.3, 0.4) is 0 Å². The molecule has 0 heterocycles. The lowest BCUT2D eigenvalue weighted by atomic mass is 10.2. The molecular weight excluding hydrogens is 298 g/mol. The molecule has 0 aliphatic carbocycles. The van der Waals surface area contributed by atoms with Gasteiger partial charge in [0.25, 0.3) is 5.91 Å². The number of nitrogens with one attached hydrogen (secondary N) is 3. The van der Waals surface area contributed by atoms with Gasteiger partial charge in [-0.1, -0.05) is 12.1 Å². The number of carbonyl (C=O) groups excluding carboxylic acids is 2. The van der Waals surface area contributed by atoms with Crippen LogP contribution in [0.2, 0.25) is 0 Å². The molecule has 0 aromatic heterocycles. The highest BCUT2D eigenvalue weighted by Crippen LogP contribution is 2.14. The lowest BCUT2D eigenvalue weighted by Gasteiger charge is -2.17. The largest absolute Gasteiger partial charge is 0.355 e. The fourth-order valence-corrected chi connectivity index (χ4v) is 2.52. The van der Waals surface area contributed by atoms with Crippen LogP contribution in [0.4, 0.5) is 0 Å². The molecule has 1 aromatic carbocycles. The van der Waals surface area contributed by atoms with E-state index < -0.39 is 6.04 Å². The van der Waals surface area contributed by atoms with Gasteiger partial charge >= 0.3 is 0 Å². The van der Waals surface area contributed by atoms with E-state index in [-0.39, 0.29) is 11.8 Å². The number of thioether (sulfide) groups is 1. The predicted octanol–water partition coefficient (Wildman–Crippen LogP) is 0.0640. The van der Waals surface area contributed by atoms with E-state index in [4.69, 9.17) is 0 Å². The van der Waals surface area contributed by atoms with Crippen LogP contribution in [-0.4, -0.2) is 44.2 Å². The SMILES string of the molecule is CCNC(=O)[C@H](C)NC(=O)C[NH+](C)Cc1ccc(SC)cc1. The zero-order valence-corrected chi connectivity index (χ0v) is 14.5. The number of benzene rings is 1. The second-order valence-electron chi connectivity index (χ2n) is 5.34. The summed E-state index contributed by atoms with van der Waals surface area (Å²) in [6, 6.07) is 7.85. The van der Waals surface area contributed by atoms with Gasteiger partial charge in [-0.05, 0) is 32.2 Å². The molecular formula is C16H26N3O2S+. The van der Waals surface area contributed by atoms with Gasteiger partial charge in [0.2, 0.25) is 5.91 Å². The number of likely N-dealkylation sites (N-methyl/N-ethyl adjacent to an activating group) is 2. The van der Waals surface area contributed by atoms with Crippen LogP contribution in [0.15, 0.2) is 29.2 Å². The smallest absolute Gasteiger partial charge is 0.275 e. The molecule has 22 heavy (non-hydrogen) atoms. The minimum atomic E-state index is -0.499. The van der Waals surface area contributed by atoms with Gasteiger partial charge in [0.1, 0.15) is 12.6 Å². The van der Waals surface area contributed by atoms with Crippen molar-refractivity contribution in [2.75, 3.05) is 26.4 Å². The molecule has 1 unspecified atom stereocenters. The third-order valence-electron chi connectivity index (χ3n) is 3.25. The first-order valence-corrected chi connectivity index (χ1v) is 8.70. The monoisotopic (exact) mass is 324 g/mol. The van der Waals surface area contributed by atoms with Crippen LogP contribution in [0.5, 0.6) is 0 Å². The number of hydrogen-bond acceptors (Lipinski definition) is 3. The summed E-state index contributed by atoms with van der Waals surface area (Å²) in [4.78, 5) is 25.8. The van der Waals surface area contributed by atoms with E-state index in [0.717, 1.165) is 11.4 Å². The van der Waals surface area contributed by atoms with E-state index >= 15 is 0 Å². The zero-order valence-electron chi connectivity index (χ0n) is 13.7. The van der Waals surface area contributed by atoms with Gasteiger partial charge in [0, 0.05) is 17.0 Å². The van der Waals surface area contributed by atoms with E-state index in [2.05, 4.69) is 34.9 Å². The number of rotatable bonds is 8. The van der Waals surface area contributed by atoms with Crippen molar-refractivity contribution in [3.05, 3.63) is 29.8 Å². The first-order valence-electron chi connectivity index (χ1n) is 7.47. The van der Waals surface area contributed by atoms with Gasteiger partial charge in [-0.15, -0.1) is 11.8 Å². The summed E-state index contributed by atoms with van der Waals surface area (Å²) in [5, 5.41) is 5.42. The van der Waals surface area contributed by atoms with Crippen LogP contribution in [0.1, 0.15) is 19.4 Å². The first-order chi connectivity index (χ1) is 10.5. The minimum Gasteiger partial charge on any atom is -0.355 e. The second kappa shape index (κ2) is 9.48. The predicted molar refractivity (Wildman–Crippen MR) is 90.0 cm³/mol. The Kier molecular flexibility index (Phi) is 7.98. The molecule has 0 saturated carbocycles. The maximum Gasteiger partial charge on any atom is 0.275 e.